The number of sulfonamides is 1. The van der Waals surface area contributed by atoms with E-state index in [2.05, 4.69) is 31.0 Å². The van der Waals surface area contributed by atoms with Crippen LogP contribution in [0.4, 0.5) is 0 Å². The molecule has 30 heavy (non-hydrogen) atoms. The number of hydrogen-bond donors (Lipinski definition) is 2. The molecule has 0 radical (unpaired) electrons. The normalized spacial score (nSPS) is 17.5. The zero-order chi connectivity index (χ0) is 21.9. The van der Waals surface area contributed by atoms with Gasteiger partial charge in [0.05, 0.1) is 10.9 Å². The molecule has 1 heterocycles. The zero-order valence-electron chi connectivity index (χ0n) is 16.3. The highest BCUT2D eigenvalue weighted by molar-refractivity contribution is 9.10. The first kappa shape index (κ1) is 22.0. The van der Waals surface area contributed by atoms with Gasteiger partial charge >= 0.3 is 5.97 Å². The maximum absolute atomic E-state index is 12.2. The van der Waals surface area contributed by atoms with Crippen LogP contribution in [0.25, 0.3) is 0 Å². The summed E-state index contributed by atoms with van der Waals surface area (Å²) in [6, 6.07) is 12.6. The molecule has 10 heteroatoms. The summed E-state index contributed by atoms with van der Waals surface area (Å²) < 4.78 is 32.5. The summed E-state index contributed by atoms with van der Waals surface area (Å²) in [5.74, 6) is -1.12. The number of halogens is 1. The number of amides is 1. The lowest BCUT2D eigenvalue weighted by molar-refractivity contribution is -0.149. The number of esters is 1. The van der Waals surface area contributed by atoms with Crippen molar-refractivity contribution in [1.82, 2.24) is 10.0 Å². The van der Waals surface area contributed by atoms with Gasteiger partial charge in [0.25, 0.3) is 15.9 Å². The van der Waals surface area contributed by atoms with Crippen molar-refractivity contribution < 1.29 is 22.7 Å². The molecule has 1 aliphatic heterocycles. The van der Waals surface area contributed by atoms with Gasteiger partial charge in [-0.2, -0.15) is 0 Å². The monoisotopic (exact) mass is 493 g/mol. The first-order valence-electron chi connectivity index (χ1n) is 9.09. The molecule has 0 spiro atoms. The molecule has 2 aromatic carbocycles. The summed E-state index contributed by atoms with van der Waals surface area (Å²) in [6.07, 6.45) is 0. The van der Waals surface area contributed by atoms with E-state index in [1.807, 2.05) is 31.2 Å². The maximum Gasteiger partial charge on any atom is 0.331 e. The van der Waals surface area contributed by atoms with E-state index in [1.165, 1.54) is 13.0 Å². The van der Waals surface area contributed by atoms with E-state index >= 15 is 0 Å². The summed E-state index contributed by atoms with van der Waals surface area (Å²) in [6.45, 7) is 2.82. The summed E-state index contributed by atoms with van der Waals surface area (Å²) in [4.78, 5) is 28.5. The third kappa shape index (κ3) is 5.06. The Labute approximate surface area is 182 Å². The van der Waals surface area contributed by atoms with Gasteiger partial charge in [0.1, 0.15) is 11.9 Å². The smallest absolute Gasteiger partial charge is 0.331 e. The van der Waals surface area contributed by atoms with E-state index < -0.39 is 34.5 Å². The second-order valence-electron chi connectivity index (χ2n) is 6.70. The second-order valence-corrected chi connectivity index (χ2v) is 9.27. The van der Waals surface area contributed by atoms with Crippen molar-refractivity contribution in [3.8, 4) is 0 Å². The Balaban J connectivity index is 1.57. The molecule has 0 aliphatic carbocycles. The standard InChI is InChI=1S/C20H20BrN3O5S/c1-12(14-7-9-15(21)10-8-14)22-18(25)11-29-20(26)13(2)23-19-16-5-3-4-6-17(16)30(27,28)24-19/h3-10,12-13H,11H2,1-2H3,(H,22,25)(H,23,24)/t12?,13-/m0/s1. The van der Waals surface area contributed by atoms with Crippen LogP contribution in [-0.2, 0) is 24.3 Å². The minimum atomic E-state index is -3.69. The Morgan fingerprint density at radius 3 is 2.50 bits per heavy atom. The number of rotatable bonds is 6. The Morgan fingerprint density at radius 1 is 1.13 bits per heavy atom. The number of amidine groups is 1. The van der Waals surface area contributed by atoms with Gasteiger partial charge in [-0.15, -0.1) is 0 Å². The Bertz CT molecular complexity index is 1100. The van der Waals surface area contributed by atoms with Gasteiger partial charge in [0.15, 0.2) is 6.61 Å². The lowest BCUT2D eigenvalue weighted by Crippen LogP contribution is -2.33. The van der Waals surface area contributed by atoms with Crippen LogP contribution in [0.3, 0.4) is 0 Å². The minimum absolute atomic E-state index is 0.0726. The SMILES string of the molecule is CC(NC(=O)COC(=O)[C@H](C)N=C1NS(=O)(=O)c2ccccc21)c1ccc(Br)cc1. The third-order valence-electron chi connectivity index (χ3n) is 4.42. The molecule has 1 unspecified atom stereocenters. The molecule has 0 aromatic heterocycles. The van der Waals surface area contributed by atoms with Crippen LogP contribution in [-0.4, -0.2) is 38.8 Å². The van der Waals surface area contributed by atoms with Crippen LogP contribution in [0.2, 0.25) is 0 Å². The van der Waals surface area contributed by atoms with E-state index in [0.29, 0.717) is 5.56 Å². The summed E-state index contributed by atoms with van der Waals surface area (Å²) in [7, 11) is -3.69. The highest BCUT2D eigenvalue weighted by Gasteiger charge is 2.31. The van der Waals surface area contributed by atoms with E-state index in [0.717, 1.165) is 10.0 Å². The Hall–Kier alpha value is -2.72. The van der Waals surface area contributed by atoms with Crippen molar-refractivity contribution in [1.29, 1.82) is 0 Å². The molecule has 1 amide bonds. The van der Waals surface area contributed by atoms with Crippen LogP contribution in [0.15, 0.2) is 62.9 Å². The quantitative estimate of drug-likeness (QED) is 0.599. The fraction of sp³-hybridized carbons (Fsp3) is 0.250. The number of hydrogen-bond acceptors (Lipinski definition) is 6. The first-order valence-corrected chi connectivity index (χ1v) is 11.4. The number of benzene rings is 2. The van der Waals surface area contributed by atoms with E-state index in [9.17, 15) is 18.0 Å². The Kier molecular flexibility index (Phi) is 6.57. The number of aliphatic imine (C=N–C) groups is 1. The molecule has 2 aromatic rings. The topological polar surface area (TPSA) is 114 Å². The molecule has 2 N–H and O–H groups in total. The molecule has 3 rings (SSSR count). The average molecular weight is 494 g/mol. The van der Waals surface area contributed by atoms with Crippen molar-refractivity contribution in [2.24, 2.45) is 4.99 Å². The van der Waals surface area contributed by atoms with Crippen molar-refractivity contribution >= 4 is 43.7 Å². The van der Waals surface area contributed by atoms with Crippen LogP contribution in [0.5, 0.6) is 0 Å². The van der Waals surface area contributed by atoms with Crippen molar-refractivity contribution in [3.05, 3.63) is 64.1 Å². The average Bonchev–Trinajstić information content (AvgIpc) is 2.96. The number of nitrogens with zero attached hydrogens (tertiary/aromatic N) is 1. The van der Waals surface area contributed by atoms with Crippen LogP contribution in [0, 0.1) is 0 Å². The van der Waals surface area contributed by atoms with Crippen molar-refractivity contribution in [3.63, 3.8) is 0 Å². The van der Waals surface area contributed by atoms with Gasteiger partial charge < -0.3 is 10.1 Å². The molecule has 1 aliphatic rings. The summed E-state index contributed by atoms with van der Waals surface area (Å²) in [5.41, 5.74) is 1.29. The molecule has 0 fully saturated rings. The molecule has 0 bridgehead atoms. The second kappa shape index (κ2) is 8.97. The van der Waals surface area contributed by atoms with Gasteiger partial charge in [-0.1, -0.05) is 40.2 Å². The minimum Gasteiger partial charge on any atom is -0.454 e. The van der Waals surface area contributed by atoms with E-state index in [-0.39, 0.29) is 16.8 Å². The molecular formula is C20H20BrN3O5S. The fourth-order valence-corrected chi connectivity index (χ4v) is 4.35. The molecule has 0 saturated carbocycles. The summed E-state index contributed by atoms with van der Waals surface area (Å²) in [5, 5.41) is 2.75. The van der Waals surface area contributed by atoms with E-state index in [4.69, 9.17) is 4.74 Å². The lowest BCUT2D eigenvalue weighted by atomic mass is 10.1. The van der Waals surface area contributed by atoms with E-state index in [1.54, 1.807) is 18.2 Å². The molecule has 0 saturated heterocycles. The fourth-order valence-electron chi connectivity index (χ4n) is 2.85. The maximum atomic E-state index is 12.2. The van der Waals surface area contributed by atoms with Gasteiger partial charge in [0.2, 0.25) is 0 Å². The van der Waals surface area contributed by atoms with Crippen LogP contribution >= 0.6 is 15.9 Å². The number of fused-ring (bicyclic) bond motifs is 1. The number of carbonyl (C=O) groups is 2. The van der Waals surface area contributed by atoms with Gasteiger partial charge in [-0.05, 0) is 43.7 Å². The highest BCUT2D eigenvalue weighted by atomic mass is 79.9. The Morgan fingerprint density at radius 2 is 1.80 bits per heavy atom. The van der Waals surface area contributed by atoms with Crippen LogP contribution < -0.4 is 10.0 Å². The highest BCUT2D eigenvalue weighted by Crippen LogP contribution is 2.22. The molecule has 158 valence electrons. The third-order valence-corrected chi connectivity index (χ3v) is 6.35. The van der Waals surface area contributed by atoms with Gasteiger partial charge in [-0.3, -0.25) is 14.5 Å². The van der Waals surface area contributed by atoms with Gasteiger partial charge in [-0.25, -0.2) is 13.2 Å². The predicted molar refractivity (Wildman–Crippen MR) is 114 cm³/mol. The predicted octanol–water partition coefficient (Wildman–Crippen LogP) is 2.30. The molecule has 8 nitrogen and oxygen atoms in total. The summed E-state index contributed by atoms with van der Waals surface area (Å²) >= 11 is 3.35. The zero-order valence-corrected chi connectivity index (χ0v) is 18.7. The van der Waals surface area contributed by atoms with Gasteiger partial charge in [0, 0.05) is 10.0 Å². The number of nitrogens with one attached hydrogen (secondary N) is 2. The molecular weight excluding hydrogens is 474 g/mol. The largest absolute Gasteiger partial charge is 0.454 e. The lowest BCUT2D eigenvalue weighted by Gasteiger charge is -2.15. The number of ether oxygens (including phenoxy) is 1. The molecule has 2 atom stereocenters. The first-order chi connectivity index (χ1) is 14.2. The van der Waals surface area contributed by atoms with Crippen molar-refractivity contribution in [2.75, 3.05) is 6.61 Å². The number of carbonyl (C=O) groups excluding carboxylic acids is 2. The van der Waals surface area contributed by atoms with Crippen molar-refractivity contribution in [2.45, 2.75) is 30.8 Å². The van der Waals surface area contributed by atoms with Crippen LogP contribution in [0.1, 0.15) is 31.0 Å².